The van der Waals surface area contributed by atoms with Gasteiger partial charge in [-0.1, -0.05) is 30.3 Å². The maximum Gasteiger partial charge on any atom is 0.253 e. The van der Waals surface area contributed by atoms with Crippen molar-refractivity contribution in [3.63, 3.8) is 0 Å². The van der Waals surface area contributed by atoms with Gasteiger partial charge in [0.15, 0.2) is 0 Å². The van der Waals surface area contributed by atoms with Gasteiger partial charge in [0.25, 0.3) is 5.91 Å². The van der Waals surface area contributed by atoms with Gasteiger partial charge in [-0.05, 0) is 49.7 Å². The van der Waals surface area contributed by atoms with Crippen molar-refractivity contribution in [2.75, 3.05) is 6.61 Å². The Morgan fingerprint density at radius 2 is 1.90 bits per heavy atom. The molecule has 30 heavy (non-hydrogen) atoms. The number of benzene rings is 2. The molecule has 0 fully saturated rings. The minimum Gasteiger partial charge on any atom is -0.491 e. The van der Waals surface area contributed by atoms with Crippen LogP contribution in [0.3, 0.4) is 0 Å². The first-order valence-electron chi connectivity index (χ1n) is 9.98. The lowest BCUT2D eigenvalue weighted by molar-refractivity contribution is 0.0937. The Kier molecular flexibility index (Phi) is 5.75. The molecule has 0 saturated carbocycles. The lowest BCUT2D eigenvalue weighted by atomic mass is 10.2. The van der Waals surface area contributed by atoms with Crippen molar-refractivity contribution in [1.29, 1.82) is 0 Å². The van der Waals surface area contributed by atoms with Gasteiger partial charge in [-0.2, -0.15) is 0 Å². The molecule has 152 valence electrons. The fourth-order valence-electron chi connectivity index (χ4n) is 3.47. The van der Waals surface area contributed by atoms with E-state index < -0.39 is 0 Å². The van der Waals surface area contributed by atoms with Gasteiger partial charge in [-0.25, -0.2) is 4.98 Å². The van der Waals surface area contributed by atoms with Gasteiger partial charge in [0.2, 0.25) is 0 Å². The molecule has 0 aliphatic heterocycles. The summed E-state index contributed by atoms with van der Waals surface area (Å²) >= 11 is 0. The number of carbonyl (C=O) groups is 1. The molecule has 6 nitrogen and oxygen atoms in total. The van der Waals surface area contributed by atoms with E-state index in [0.717, 1.165) is 28.2 Å². The molecule has 4 rings (SSSR count). The summed E-state index contributed by atoms with van der Waals surface area (Å²) in [6, 6.07) is 19.2. The molecule has 2 aromatic carbocycles. The summed E-state index contributed by atoms with van der Waals surface area (Å²) in [6.07, 6.45) is 3.20. The van der Waals surface area contributed by atoms with E-state index >= 15 is 0 Å². The fourth-order valence-corrected chi connectivity index (χ4v) is 3.47. The van der Waals surface area contributed by atoms with E-state index in [0.29, 0.717) is 18.7 Å². The summed E-state index contributed by atoms with van der Waals surface area (Å²) in [5, 5.41) is 3.03. The molecule has 1 atom stereocenters. The Hall–Kier alpha value is -3.67. The molecule has 2 aromatic heterocycles. The van der Waals surface area contributed by atoms with Crippen LogP contribution in [0.15, 0.2) is 73.1 Å². The molecule has 0 spiro atoms. The minimum absolute atomic E-state index is 0.176. The van der Waals surface area contributed by atoms with Crippen molar-refractivity contribution < 1.29 is 9.53 Å². The van der Waals surface area contributed by atoms with Gasteiger partial charge in [-0.3, -0.25) is 9.78 Å². The fraction of sp³-hybridized carbons (Fsp3) is 0.208. The lowest BCUT2D eigenvalue weighted by Gasteiger charge is -2.17. The molecule has 0 aliphatic carbocycles. The average Bonchev–Trinajstić information content (AvgIpc) is 3.14. The highest BCUT2D eigenvalue weighted by molar-refractivity contribution is 5.94. The third-order valence-electron chi connectivity index (χ3n) is 5.01. The molecule has 1 unspecified atom stereocenters. The van der Waals surface area contributed by atoms with Gasteiger partial charge in [0.05, 0.1) is 29.2 Å². The lowest BCUT2D eigenvalue weighted by Crippen LogP contribution is -2.29. The number of pyridine rings is 1. The zero-order valence-corrected chi connectivity index (χ0v) is 17.1. The number of rotatable bonds is 7. The summed E-state index contributed by atoms with van der Waals surface area (Å²) < 4.78 is 8.11. The van der Waals surface area contributed by atoms with Gasteiger partial charge in [0, 0.05) is 12.4 Å². The van der Waals surface area contributed by atoms with Crippen LogP contribution in [0, 0.1) is 6.92 Å². The number of ether oxygens (including phenoxy) is 1. The van der Waals surface area contributed by atoms with Crippen LogP contribution in [-0.4, -0.2) is 27.0 Å². The number of nitrogens with one attached hydrogen (secondary N) is 1. The van der Waals surface area contributed by atoms with Crippen LogP contribution in [0.2, 0.25) is 0 Å². The molecule has 6 heteroatoms. The number of aryl methyl sites for hydroxylation is 1. The van der Waals surface area contributed by atoms with Gasteiger partial charge in [-0.15, -0.1) is 0 Å². The Morgan fingerprint density at radius 3 is 2.70 bits per heavy atom. The van der Waals surface area contributed by atoms with Crippen LogP contribution in [0.5, 0.6) is 5.75 Å². The number of imidazole rings is 1. The predicted molar refractivity (Wildman–Crippen MR) is 117 cm³/mol. The molecule has 0 aliphatic rings. The van der Waals surface area contributed by atoms with Crippen molar-refractivity contribution in [3.05, 3.63) is 90.0 Å². The van der Waals surface area contributed by atoms with E-state index in [1.807, 2.05) is 62.4 Å². The second kappa shape index (κ2) is 8.78. The van der Waals surface area contributed by atoms with E-state index in [2.05, 4.69) is 14.9 Å². The number of hydrogen-bond acceptors (Lipinski definition) is 4. The van der Waals surface area contributed by atoms with E-state index in [-0.39, 0.29) is 11.9 Å². The van der Waals surface area contributed by atoms with Crippen molar-refractivity contribution in [1.82, 2.24) is 19.9 Å². The number of nitrogens with zero attached hydrogens (tertiary/aromatic N) is 3. The van der Waals surface area contributed by atoms with Crippen molar-refractivity contribution in [2.24, 2.45) is 0 Å². The molecular weight excluding hydrogens is 376 g/mol. The van der Waals surface area contributed by atoms with Gasteiger partial charge in [0.1, 0.15) is 18.2 Å². The molecule has 0 saturated heterocycles. The third-order valence-corrected chi connectivity index (χ3v) is 5.01. The number of para-hydroxylation sites is 3. The van der Waals surface area contributed by atoms with Crippen LogP contribution in [0.25, 0.3) is 11.0 Å². The normalized spacial score (nSPS) is 11.9. The third kappa shape index (κ3) is 4.17. The van der Waals surface area contributed by atoms with Crippen LogP contribution >= 0.6 is 0 Å². The first kappa shape index (κ1) is 19.6. The van der Waals surface area contributed by atoms with E-state index in [4.69, 9.17) is 9.72 Å². The van der Waals surface area contributed by atoms with E-state index in [9.17, 15) is 4.79 Å². The molecule has 1 amide bonds. The second-order valence-corrected chi connectivity index (χ2v) is 7.16. The zero-order chi connectivity index (χ0) is 20.9. The summed E-state index contributed by atoms with van der Waals surface area (Å²) in [6.45, 7) is 5.09. The van der Waals surface area contributed by atoms with Gasteiger partial charge >= 0.3 is 0 Å². The summed E-state index contributed by atoms with van der Waals surface area (Å²) in [5.41, 5.74) is 3.54. The first-order chi connectivity index (χ1) is 14.6. The van der Waals surface area contributed by atoms with Crippen molar-refractivity contribution in [3.8, 4) is 5.75 Å². The van der Waals surface area contributed by atoms with E-state index in [1.165, 1.54) is 0 Å². The van der Waals surface area contributed by atoms with Crippen molar-refractivity contribution in [2.45, 2.75) is 26.4 Å². The highest BCUT2D eigenvalue weighted by Gasteiger charge is 2.19. The standard InChI is InChI=1S/C24H24N4O2/c1-17-8-3-6-12-22(17)30-15-14-28-21-11-5-4-10-20(21)27-23(28)18(2)26-24(29)19-9-7-13-25-16-19/h3-13,16,18H,14-15H2,1-2H3,(H,26,29). The molecule has 1 N–H and O–H groups in total. The summed E-state index contributed by atoms with van der Waals surface area (Å²) in [7, 11) is 0. The highest BCUT2D eigenvalue weighted by Crippen LogP contribution is 2.22. The number of aromatic nitrogens is 3. The highest BCUT2D eigenvalue weighted by atomic mass is 16.5. The smallest absolute Gasteiger partial charge is 0.253 e. The molecule has 0 radical (unpaired) electrons. The number of fused-ring (bicyclic) bond motifs is 1. The molecule has 0 bridgehead atoms. The number of hydrogen-bond donors (Lipinski definition) is 1. The Morgan fingerprint density at radius 1 is 1.10 bits per heavy atom. The Labute approximate surface area is 175 Å². The maximum atomic E-state index is 12.6. The number of carbonyl (C=O) groups excluding carboxylic acids is 1. The largest absolute Gasteiger partial charge is 0.491 e. The van der Waals surface area contributed by atoms with Crippen LogP contribution in [-0.2, 0) is 6.54 Å². The summed E-state index contributed by atoms with van der Waals surface area (Å²) in [5.74, 6) is 1.49. The first-order valence-corrected chi connectivity index (χ1v) is 9.98. The predicted octanol–water partition coefficient (Wildman–Crippen LogP) is 4.31. The maximum absolute atomic E-state index is 12.6. The van der Waals surface area contributed by atoms with Crippen LogP contribution in [0.4, 0.5) is 0 Å². The van der Waals surface area contributed by atoms with Crippen molar-refractivity contribution >= 4 is 16.9 Å². The van der Waals surface area contributed by atoms with E-state index in [1.54, 1.807) is 24.5 Å². The molecular formula is C24H24N4O2. The second-order valence-electron chi connectivity index (χ2n) is 7.16. The zero-order valence-electron chi connectivity index (χ0n) is 17.1. The molecule has 2 heterocycles. The van der Waals surface area contributed by atoms with Crippen LogP contribution in [0.1, 0.15) is 34.7 Å². The monoisotopic (exact) mass is 400 g/mol. The topological polar surface area (TPSA) is 69.0 Å². The summed E-state index contributed by atoms with van der Waals surface area (Å²) in [4.78, 5) is 21.4. The SMILES string of the molecule is Cc1ccccc1OCCn1c(C(C)NC(=O)c2cccnc2)nc2ccccc21. The quantitative estimate of drug-likeness (QED) is 0.502. The Bertz CT molecular complexity index is 1150. The number of amides is 1. The average molecular weight is 400 g/mol. The van der Waals surface area contributed by atoms with Gasteiger partial charge < -0.3 is 14.6 Å². The molecule has 4 aromatic rings. The minimum atomic E-state index is -0.274. The van der Waals surface area contributed by atoms with Crippen LogP contribution < -0.4 is 10.1 Å². The Balaban J connectivity index is 1.55.